The molecule has 0 saturated carbocycles. The number of likely N-dealkylation sites (N-methyl/N-ethyl adjacent to an activating group) is 1. The first kappa shape index (κ1) is 18.2. The summed E-state index contributed by atoms with van der Waals surface area (Å²) in [6.07, 6.45) is 4.92. The lowest BCUT2D eigenvalue weighted by atomic mass is 10.1. The van der Waals surface area contributed by atoms with E-state index < -0.39 is 0 Å². The summed E-state index contributed by atoms with van der Waals surface area (Å²) in [7, 11) is 5.97. The molecule has 0 saturated heterocycles. The maximum absolute atomic E-state index is 5.79. The standard InChI is InChI=1S/C12H24N6.HI/c1-5-6-14-12(13)15-8-11(17(2)3)10-7-16-18(4)9-10;/h7,9,11H,5-6,8H2,1-4H3,(H3,13,14,15);1H. The Morgan fingerprint density at radius 2 is 2.26 bits per heavy atom. The first-order valence-corrected chi connectivity index (χ1v) is 6.23. The van der Waals surface area contributed by atoms with Gasteiger partial charge in [-0.1, -0.05) is 6.92 Å². The third kappa shape index (κ3) is 6.24. The average molecular weight is 380 g/mol. The number of halogens is 1. The predicted molar refractivity (Wildman–Crippen MR) is 89.8 cm³/mol. The molecule has 1 rings (SSSR count). The Morgan fingerprint density at radius 3 is 2.74 bits per heavy atom. The van der Waals surface area contributed by atoms with E-state index in [4.69, 9.17) is 5.73 Å². The van der Waals surface area contributed by atoms with Gasteiger partial charge >= 0.3 is 0 Å². The molecule has 6 nitrogen and oxygen atoms in total. The molecular weight excluding hydrogens is 355 g/mol. The van der Waals surface area contributed by atoms with Crippen molar-refractivity contribution in [3.05, 3.63) is 18.0 Å². The quantitative estimate of drug-likeness (QED) is 0.438. The topological polar surface area (TPSA) is 71.5 Å². The highest BCUT2D eigenvalue weighted by Gasteiger charge is 2.15. The SMILES string of the molecule is CCCNC(N)=NCC(c1cnn(C)c1)N(C)C.I. The number of guanidine groups is 1. The maximum Gasteiger partial charge on any atom is 0.188 e. The van der Waals surface area contributed by atoms with Gasteiger partial charge in [0.1, 0.15) is 0 Å². The summed E-state index contributed by atoms with van der Waals surface area (Å²) in [4.78, 5) is 6.49. The fourth-order valence-corrected chi connectivity index (χ4v) is 1.67. The van der Waals surface area contributed by atoms with Crippen LogP contribution in [0.2, 0.25) is 0 Å². The van der Waals surface area contributed by atoms with E-state index in [1.807, 2.05) is 33.5 Å². The molecule has 0 aliphatic carbocycles. The highest BCUT2D eigenvalue weighted by Crippen LogP contribution is 2.17. The van der Waals surface area contributed by atoms with E-state index in [9.17, 15) is 0 Å². The fraction of sp³-hybridized carbons (Fsp3) is 0.667. The molecule has 0 aliphatic heterocycles. The number of hydrogen-bond donors (Lipinski definition) is 2. The minimum absolute atomic E-state index is 0. The predicted octanol–water partition coefficient (Wildman–Crippen LogP) is 0.955. The van der Waals surface area contributed by atoms with E-state index in [-0.39, 0.29) is 30.0 Å². The number of aryl methyl sites for hydroxylation is 1. The Kier molecular flexibility index (Phi) is 8.73. The third-order valence-electron chi connectivity index (χ3n) is 2.72. The smallest absolute Gasteiger partial charge is 0.188 e. The number of hydrogen-bond acceptors (Lipinski definition) is 3. The summed E-state index contributed by atoms with van der Waals surface area (Å²) in [5, 5.41) is 7.26. The van der Waals surface area contributed by atoms with Crippen LogP contribution in [-0.2, 0) is 7.05 Å². The summed E-state index contributed by atoms with van der Waals surface area (Å²) in [5.41, 5.74) is 6.94. The maximum atomic E-state index is 5.79. The van der Waals surface area contributed by atoms with Crippen LogP contribution in [0.4, 0.5) is 0 Å². The first-order valence-electron chi connectivity index (χ1n) is 6.23. The molecule has 1 heterocycles. The van der Waals surface area contributed by atoms with Crippen LogP contribution in [0.25, 0.3) is 0 Å². The van der Waals surface area contributed by atoms with Crippen molar-refractivity contribution in [3.63, 3.8) is 0 Å². The van der Waals surface area contributed by atoms with Crippen LogP contribution in [0.3, 0.4) is 0 Å². The zero-order valence-corrected chi connectivity index (χ0v) is 14.5. The molecule has 1 aromatic rings. The zero-order valence-electron chi connectivity index (χ0n) is 12.1. The molecule has 0 bridgehead atoms. The Balaban J connectivity index is 0.00000324. The molecule has 110 valence electrons. The van der Waals surface area contributed by atoms with Gasteiger partial charge in [-0.25, -0.2) is 0 Å². The van der Waals surface area contributed by atoms with Gasteiger partial charge in [0.2, 0.25) is 0 Å². The summed E-state index contributed by atoms with van der Waals surface area (Å²) >= 11 is 0. The van der Waals surface area contributed by atoms with Crippen molar-refractivity contribution in [2.45, 2.75) is 19.4 Å². The molecule has 3 N–H and O–H groups in total. The van der Waals surface area contributed by atoms with Crippen LogP contribution in [0.5, 0.6) is 0 Å². The summed E-state index contributed by atoms with van der Waals surface area (Å²) in [6.45, 7) is 3.58. The van der Waals surface area contributed by atoms with Crippen LogP contribution in [0, 0.1) is 0 Å². The molecular formula is C12H25IN6. The van der Waals surface area contributed by atoms with Crippen molar-refractivity contribution in [2.75, 3.05) is 27.2 Å². The van der Waals surface area contributed by atoms with E-state index in [2.05, 4.69) is 27.2 Å². The van der Waals surface area contributed by atoms with Crippen molar-refractivity contribution >= 4 is 29.9 Å². The van der Waals surface area contributed by atoms with E-state index in [1.165, 1.54) is 0 Å². The van der Waals surface area contributed by atoms with Gasteiger partial charge < -0.3 is 16.0 Å². The monoisotopic (exact) mass is 380 g/mol. The third-order valence-corrected chi connectivity index (χ3v) is 2.72. The molecule has 7 heteroatoms. The lowest BCUT2D eigenvalue weighted by Gasteiger charge is -2.21. The van der Waals surface area contributed by atoms with Gasteiger partial charge in [0, 0.05) is 25.4 Å². The largest absolute Gasteiger partial charge is 0.370 e. The number of aromatic nitrogens is 2. The molecule has 0 aromatic carbocycles. The zero-order chi connectivity index (χ0) is 13.5. The molecule has 0 aliphatic rings. The summed E-state index contributed by atoms with van der Waals surface area (Å²) in [5.74, 6) is 0.507. The lowest BCUT2D eigenvalue weighted by molar-refractivity contribution is 0.306. The second-order valence-electron chi connectivity index (χ2n) is 4.58. The number of nitrogens with zero attached hydrogens (tertiary/aromatic N) is 4. The Labute approximate surface area is 132 Å². The molecule has 1 atom stereocenters. The van der Waals surface area contributed by atoms with Crippen LogP contribution in [0.15, 0.2) is 17.4 Å². The molecule has 19 heavy (non-hydrogen) atoms. The van der Waals surface area contributed by atoms with Gasteiger partial charge in [-0.3, -0.25) is 9.67 Å². The number of nitrogens with two attached hydrogens (primary N) is 1. The van der Waals surface area contributed by atoms with Gasteiger partial charge in [-0.15, -0.1) is 24.0 Å². The molecule has 0 spiro atoms. The normalized spacial score (nSPS) is 13.2. The number of aliphatic imine (C=N–C) groups is 1. The first-order chi connectivity index (χ1) is 8.54. The van der Waals surface area contributed by atoms with Crippen molar-refractivity contribution in [3.8, 4) is 0 Å². The van der Waals surface area contributed by atoms with Crippen LogP contribution >= 0.6 is 24.0 Å². The van der Waals surface area contributed by atoms with E-state index in [1.54, 1.807) is 4.68 Å². The van der Waals surface area contributed by atoms with Crippen LogP contribution < -0.4 is 11.1 Å². The molecule has 0 amide bonds. The van der Waals surface area contributed by atoms with Crippen LogP contribution in [-0.4, -0.2) is 47.8 Å². The summed E-state index contributed by atoms with van der Waals surface area (Å²) < 4.78 is 1.80. The average Bonchev–Trinajstić information content (AvgIpc) is 2.73. The second-order valence-corrected chi connectivity index (χ2v) is 4.58. The second kappa shape index (κ2) is 9.13. The van der Waals surface area contributed by atoms with Crippen molar-refractivity contribution < 1.29 is 0 Å². The van der Waals surface area contributed by atoms with Gasteiger partial charge in [0.15, 0.2) is 5.96 Å². The van der Waals surface area contributed by atoms with Gasteiger partial charge in [-0.2, -0.15) is 5.10 Å². The van der Waals surface area contributed by atoms with E-state index >= 15 is 0 Å². The van der Waals surface area contributed by atoms with E-state index in [0.717, 1.165) is 18.5 Å². The number of nitrogens with one attached hydrogen (secondary N) is 1. The summed E-state index contributed by atoms with van der Waals surface area (Å²) in [6, 6.07) is 0.195. The minimum Gasteiger partial charge on any atom is -0.370 e. The number of rotatable bonds is 6. The van der Waals surface area contributed by atoms with Gasteiger partial charge in [0.25, 0.3) is 0 Å². The van der Waals surface area contributed by atoms with Crippen molar-refractivity contribution in [2.24, 2.45) is 17.8 Å². The molecule has 1 unspecified atom stereocenters. The van der Waals surface area contributed by atoms with Gasteiger partial charge in [-0.05, 0) is 20.5 Å². The Morgan fingerprint density at radius 1 is 1.58 bits per heavy atom. The lowest BCUT2D eigenvalue weighted by Crippen LogP contribution is -2.33. The fourth-order valence-electron chi connectivity index (χ4n) is 1.67. The minimum atomic E-state index is 0. The van der Waals surface area contributed by atoms with Crippen molar-refractivity contribution in [1.29, 1.82) is 0 Å². The highest BCUT2D eigenvalue weighted by atomic mass is 127. The highest BCUT2D eigenvalue weighted by molar-refractivity contribution is 14.0. The molecule has 0 fully saturated rings. The Hall–Kier alpha value is -0.830. The van der Waals surface area contributed by atoms with Gasteiger partial charge in [0.05, 0.1) is 18.8 Å². The molecule has 0 radical (unpaired) electrons. The van der Waals surface area contributed by atoms with Crippen LogP contribution in [0.1, 0.15) is 24.9 Å². The van der Waals surface area contributed by atoms with Crippen molar-refractivity contribution in [1.82, 2.24) is 20.0 Å². The molecule has 1 aromatic heterocycles. The van der Waals surface area contributed by atoms with E-state index in [0.29, 0.717) is 12.5 Å². The Bertz CT molecular complexity index is 387.